The van der Waals surface area contributed by atoms with Crippen LogP contribution in [0.4, 0.5) is 0 Å². The van der Waals surface area contributed by atoms with Crippen LogP contribution in [0.2, 0.25) is 0 Å². The van der Waals surface area contributed by atoms with Crippen LogP contribution in [0.25, 0.3) is 0 Å². The highest BCUT2D eigenvalue weighted by molar-refractivity contribution is 14.0. The van der Waals surface area contributed by atoms with E-state index in [1.807, 2.05) is 12.1 Å². The van der Waals surface area contributed by atoms with Crippen LogP contribution >= 0.6 is 24.0 Å². The van der Waals surface area contributed by atoms with Crippen LogP contribution in [-0.4, -0.2) is 78.1 Å². The highest BCUT2D eigenvalue weighted by atomic mass is 127. The number of guanidine groups is 1. The highest BCUT2D eigenvalue weighted by Gasteiger charge is 2.15. The van der Waals surface area contributed by atoms with Crippen LogP contribution in [0, 0.1) is 0 Å². The van der Waals surface area contributed by atoms with E-state index in [2.05, 4.69) is 27.4 Å². The average Bonchev–Trinajstić information content (AvgIpc) is 2.71. The van der Waals surface area contributed by atoms with Gasteiger partial charge < -0.3 is 29.6 Å². The van der Waals surface area contributed by atoms with Crippen LogP contribution in [0.5, 0.6) is 17.2 Å². The van der Waals surface area contributed by atoms with Gasteiger partial charge in [0, 0.05) is 38.3 Å². The van der Waals surface area contributed by atoms with Crippen molar-refractivity contribution in [3.8, 4) is 17.2 Å². The summed E-state index contributed by atoms with van der Waals surface area (Å²) in [6.45, 7) is 8.71. The molecule has 0 radical (unpaired) electrons. The van der Waals surface area contributed by atoms with E-state index >= 15 is 0 Å². The average molecular weight is 508 g/mol. The van der Waals surface area contributed by atoms with Crippen LogP contribution in [0.15, 0.2) is 17.1 Å². The van der Waals surface area contributed by atoms with Crippen molar-refractivity contribution in [3.63, 3.8) is 0 Å². The molecule has 0 aliphatic carbocycles. The third-order valence-electron chi connectivity index (χ3n) is 4.36. The molecule has 0 spiro atoms. The Morgan fingerprint density at radius 2 is 1.79 bits per heavy atom. The number of halogens is 1. The molecule has 1 aromatic carbocycles. The minimum absolute atomic E-state index is 0. The van der Waals surface area contributed by atoms with Crippen molar-refractivity contribution < 1.29 is 18.9 Å². The van der Waals surface area contributed by atoms with Gasteiger partial charge in [0.05, 0.1) is 41.1 Å². The second kappa shape index (κ2) is 13.7. The zero-order valence-electron chi connectivity index (χ0n) is 17.2. The quantitative estimate of drug-likeness (QED) is 0.299. The zero-order valence-corrected chi connectivity index (χ0v) is 19.6. The third-order valence-corrected chi connectivity index (χ3v) is 4.36. The molecule has 1 aliphatic rings. The van der Waals surface area contributed by atoms with Gasteiger partial charge in [0.2, 0.25) is 5.75 Å². The maximum absolute atomic E-state index is 5.53. The number of benzene rings is 1. The lowest BCUT2D eigenvalue weighted by atomic mass is 10.1. The lowest BCUT2D eigenvalue weighted by molar-refractivity contribution is 0.0389. The fraction of sp³-hybridized carbons (Fsp3) is 0.632. The number of nitrogens with zero attached hydrogens (tertiary/aromatic N) is 2. The van der Waals surface area contributed by atoms with Gasteiger partial charge >= 0.3 is 0 Å². The molecule has 2 N–H and O–H groups in total. The summed E-state index contributed by atoms with van der Waals surface area (Å²) in [5, 5.41) is 6.66. The Morgan fingerprint density at radius 1 is 1.07 bits per heavy atom. The lowest BCUT2D eigenvalue weighted by Crippen LogP contribution is -2.44. The van der Waals surface area contributed by atoms with E-state index in [1.54, 1.807) is 21.3 Å². The first-order chi connectivity index (χ1) is 13.2. The molecule has 0 atom stereocenters. The molecule has 1 fully saturated rings. The number of nitrogens with one attached hydrogen (secondary N) is 2. The highest BCUT2D eigenvalue weighted by Crippen LogP contribution is 2.39. The Labute approximate surface area is 185 Å². The Kier molecular flexibility index (Phi) is 12.0. The van der Waals surface area contributed by atoms with Crippen molar-refractivity contribution in [2.45, 2.75) is 13.5 Å². The second-order valence-corrected chi connectivity index (χ2v) is 6.07. The van der Waals surface area contributed by atoms with Crippen LogP contribution in [0.3, 0.4) is 0 Å². The molecule has 1 heterocycles. The Morgan fingerprint density at radius 3 is 2.39 bits per heavy atom. The fourth-order valence-corrected chi connectivity index (χ4v) is 2.95. The van der Waals surface area contributed by atoms with E-state index in [0.717, 1.165) is 57.5 Å². The molecule has 2 rings (SSSR count). The normalized spacial score (nSPS) is 14.8. The molecule has 0 saturated carbocycles. The van der Waals surface area contributed by atoms with Crippen molar-refractivity contribution in [1.29, 1.82) is 0 Å². The van der Waals surface area contributed by atoms with Gasteiger partial charge in [-0.15, -0.1) is 24.0 Å². The molecule has 28 heavy (non-hydrogen) atoms. The van der Waals surface area contributed by atoms with Crippen molar-refractivity contribution in [3.05, 3.63) is 17.7 Å². The van der Waals surface area contributed by atoms with Gasteiger partial charge in [-0.25, -0.2) is 4.99 Å². The first kappa shape index (κ1) is 24.6. The van der Waals surface area contributed by atoms with E-state index in [1.165, 1.54) is 0 Å². The Bertz CT molecular complexity index is 610. The van der Waals surface area contributed by atoms with Gasteiger partial charge in [0.25, 0.3) is 0 Å². The summed E-state index contributed by atoms with van der Waals surface area (Å²) in [6, 6.07) is 3.81. The molecule has 9 heteroatoms. The number of rotatable bonds is 9. The summed E-state index contributed by atoms with van der Waals surface area (Å²) in [5.41, 5.74) is 0.931. The predicted molar refractivity (Wildman–Crippen MR) is 122 cm³/mol. The number of ether oxygens (including phenoxy) is 4. The van der Waals surface area contributed by atoms with Crippen LogP contribution < -0.4 is 24.8 Å². The van der Waals surface area contributed by atoms with E-state index in [4.69, 9.17) is 18.9 Å². The molecule has 8 nitrogen and oxygen atoms in total. The molecular formula is C19H33IN4O4. The van der Waals surface area contributed by atoms with Crippen molar-refractivity contribution in [2.75, 3.05) is 67.3 Å². The SMILES string of the molecule is CCNC(=NCc1ccc(OC)c(OC)c1OC)NCCN1CCOCC1.I. The van der Waals surface area contributed by atoms with Gasteiger partial charge in [0.1, 0.15) is 0 Å². The zero-order chi connectivity index (χ0) is 19.5. The number of morpholine rings is 1. The summed E-state index contributed by atoms with van der Waals surface area (Å²) in [6.07, 6.45) is 0. The van der Waals surface area contributed by atoms with Gasteiger partial charge in [-0.3, -0.25) is 4.90 Å². The van der Waals surface area contributed by atoms with Crippen molar-refractivity contribution >= 4 is 29.9 Å². The maximum Gasteiger partial charge on any atom is 0.203 e. The molecular weight excluding hydrogens is 475 g/mol. The van der Waals surface area contributed by atoms with E-state index in [9.17, 15) is 0 Å². The smallest absolute Gasteiger partial charge is 0.203 e. The third kappa shape index (κ3) is 7.17. The van der Waals surface area contributed by atoms with Crippen molar-refractivity contribution in [2.24, 2.45) is 4.99 Å². The standard InChI is InChI=1S/C19H32N4O4.HI/c1-5-20-19(21-8-9-23-10-12-27-13-11-23)22-14-15-6-7-16(24-2)18(26-4)17(15)25-3;/h6-7H,5,8-14H2,1-4H3,(H2,20,21,22);1H. The van der Waals surface area contributed by atoms with E-state index in [0.29, 0.717) is 23.8 Å². The first-order valence-electron chi connectivity index (χ1n) is 9.33. The van der Waals surface area contributed by atoms with Gasteiger partial charge in [0.15, 0.2) is 17.5 Å². The molecule has 0 unspecified atom stereocenters. The molecule has 0 aromatic heterocycles. The minimum Gasteiger partial charge on any atom is -0.493 e. The summed E-state index contributed by atoms with van der Waals surface area (Å²) in [7, 11) is 4.83. The summed E-state index contributed by atoms with van der Waals surface area (Å²) < 4.78 is 21.7. The monoisotopic (exact) mass is 508 g/mol. The second-order valence-electron chi connectivity index (χ2n) is 6.07. The van der Waals surface area contributed by atoms with Gasteiger partial charge in [-0.1, -0.05) is 0 Å². The predicted octanol–water partition coefficient (Wildman–Crippen LogP) is 1.72. The maximum atomic E-state index is 5.53. The van der Waals surface area contributed by atoms with Crippen molar-refractivity contribution in [1.82, 2.24) is 15.5 Å². The number of hydrogen-bond donors (Lipinski definition) is 2. The van der Waals surface area contributed by atoms with Crippen LogP contribution in [-0.2, 0) is 11.3 Å². The molecule has 1 aromatic rings. The molecule has 0 bridgehead atoms. The largest absolute Gasteiger partial charge is 0.493 e. The van der Waals surface area contributed by atoms with Crippen LogP contribution in [0.1, 0.15) is 12.5 Å². The number of methoxy groups -OCH3 is 3. The number of aliphatic imine (C=N–C) groups is 1. The first-order valence-corrected chi connectivity index (χ1v) is 9.33. The molecule has 1 saturated heterocycles. The minimum atomic E-state index is 0. The molecule has 160 valence electrons. The van der Waals surface area contributed by atoms with E-state index < -0.39 is 0 Å². The van der Waals surface area contributed by atoms with E-state index in [-0.39, 0.29) is 24.0 Å². The Balaban J connectivity index is 0.00000392. The summed E-state index contributed by atoms with van der Waals surface area (Å²) >= 11 is 0. The van der Waals surface area contributed by atoms with Gasteiger partial charge in [-0.05, 0) is 19.1 Å². The molecule has 1 aliphatic heterocycles. The van der Waals surface area contributed by atoms with Gasteiger partial charge in [-0.2, -0.15) is 0 Å². The number of hydrogen-bond acceptors (Lipinski definition) is 6. The summed E-state index contributed by atoms with van der Waals surface area (Å²) in [4.78, 5) is 7.07. The fourth-order valence-electron chi connectivity index (χ4n) is 2.95. The molecule has 0 amide bonds. The topological polar surface area (TPSA) is 76.6 Å². The Hall–Kier alpha value is -1.46. The summed E-state index contributed by atoms with van der Waals surface area (Å²) in [5.74, 6) is 2.64. The lowest BCUT2D eigenvalue weighted by Gasteiger charge is -2.26.